The summed E-state index contributed by atoms with van der Waals surface area (Å²) < 4.78 is 26.5. The molecule has 0 bridgehead atoms. The van der Waals surface area contributed by atoms with Crippen LogP contribution < -0.4 is 4.72 Å². The number of thiazole rings is 1. The highest BCUT2D eigenvalue weighted by Crippen LogP contribution is 2.26. The maximum atomic E-state index is 12.1. The third-order valence-electron chi connectivity index (χ3n) is 2.58. The molecule has 0 aliphatic carbocycles. The second kappa shape index (κ2) is 6.48. The lowest BCUT2D eigenvalue weighted by Gasteiger charge is -2.06. The fourth-order valence-corrected chi connectivity index (χ4v) is 3.39. The Hall–Kier alpha value is -1.55. The van der Waals surface area contributed by atoms with Crippen LogP contribution in [0.3, 0.4) is 0 Å². The quantitative estimate of drug-likeness (QED) is 0.637. The third kappa shape index (κ3) is 3.97. The average molecular weight is 348 g/mol. The predicted molar refractivity (Wildman–Crippen MR) is 79.1 cm³/mol. The molecule has 2 rings (SSSR count). The minimum Gasteiger partial charge on any atom is -0.258 e. The van der Waals surface area contributed by atoms with Gasteiger partial charge in [0.15, 0.2) is 0 Å². The first kappa shape index (κ1) is 15.8. The van der Waals surface area contributed by atoms with Crippen LogP contribution in [-0.2, 0) is 16.4 Å². The van der Waals surface area contributed by atoms with Crippen molar-refractivity contribution in [1.82, 2.24) is 9.71 Å². The minimum absolute atomic E-state index is 0.110. The van der Waals surface area contributed by atoms with Crippen LogP contribution in [-0.4, -0.2) is 24.9 Å². The highest BCUT2D eigenvalue weighted by atomic mass is 35.5. The Morgan fingerprint density at radius 1 is 1.43 bits per heavy atom. The first-order valence-electron chi connectivity index (χ1n) is 5.71. The van der Waals surface area contributed by atoms with Crippen molar-refractivity contribution in [1.29, 1.82) is 0 Å². The van der Waals surface area contributed by atoms with E-state index < -0.39 is 20.6 Å². The zero-order valence-corrected chi connectivity index (χ0v) is 12.9. The van der Waals surface area contributed by atoms with Gasteiger partial charge in [-0.3, -0.25) is 10.1 Å². The van der Waals surface area contributed by atoms with Gasteiger partial charge in [0, 0.05) is 24.4 Å². The van der Waals surface area contributed by atoms with Crippen molar-refractivity contribution in [2.45, 2.75) is 11.3 Å². The maximum Gasteiger partial charge on any atom is 0.289 e. The fraction of sp³-hybridized carbons (Fsp3) is 0.182. The number of benzene rings is 1. The van der Waals surface area contributed by atoms with E-state index in [-0.39, 0.29) is 16.5 Å². The molecule has 0 saturated heterocycles. The van der Waals surface area contributed by atoms with Crippen LogP contribution in [0.5, 0.6) is 0 Å². The second-order valence-electron chi connectivity index (χ2n) is 4.00. The van der Waals surface area contributed by atoms with Gasteiger partial charge in [0.25, 0.3) is 5.69 Å². The van der Waals surface area contributed by atoms with Crippen LogP contribution >= 0.6 is 22.9 Å². The molecule has 1 aromatic heterocycles. The summed E-state index contributed by atoms with van der Waals surface area (Å²) in [4.78, 5) is 13.9. The molecule has 10 heteroatoms. The molecule has 0 saturated carbocycles. The molecule has 1 heterocycles. The molecular formula is C11H10ClN3O4S2. The zero-order valence-electron chi connectivity index (χ0n) is 10.5. The van der Waals surface area contributed by atoms with Crippen molar-refractivity contribution >= 4 is 38.6 Å². The lowest BCUT2D eigenvalue weighted by Crippen LogP contribution is -2.26. The Morgan fingerprint density at radius 3 is 2.81 bits per heavy atom. The lowest BCUT2D eigenvalue weighted by molar-refractivity contribution is -0.384. The van der Waals surface area contributed by atoms with Gasteiger partial charge in [0.05, 0.1) is 21.0 Å². The number of nitrogens with one attached hydrogen (secondary N) is 1. The van der Waals surface area contributed by atoms with Gasteiger partial charge >= 0.3 is 0 Å². The normalized spacial score (nSPS) is 11.5. The van der Waals surface area contributed by atoms with Crippen molar-refractivity contribution in [3.8, 4) is 0 Å². The molecule has 7 nitrogen and oxygen atoms in total. The van der Waals surface area contributed by atoms with Gasteiger partial charge in [-0.2, -0.15) is 0 Å². The molecule has 0 radical (unpaired) electrons. The van der Waals surface area contributed by atoms with Crippen LogP contribution in [0.2, 0.25) is 5.02 Å². The Morgan fingerprint density at radius 2 is 2.19 bits per heavy atom. The molecule has 0 atom stereocenters. The number of rotatable bonds is 6. The van der Waals surface area contributed by atoms with Crippen LogP contribution in [0.25, 0.3) is 0 Å². The van der Waals surface area contributed by atoms with Crippen molar-refractivity contribution in [3.63, 3.8) is 0 Å². The van der Waals surface area contributed by atoms with E-state index in [1.54, 1.807) is 5.51 Å². The minimum atomic E-state index is -3.82. The molecule has 0 unspecified atom stereocenters. The van der Waals surface area contributed by atoms with E-state index in [0.29, 0.717) is 6.42 Å². The van der Waals surface area contributed by atoms with Gasteiger partial charge in [-0.05, 0) is 12.1 Å². The summed E-state index contributed by atoms with van der Waals surface area (Å²) in [6.45, 7) is 0.155. The number of hydrogen-bond acceptors (Lipinski definition) is 6. The Labute approximate surface area is 129 Å². The fourth-order valence-electron chi connectivity index (χ4n) is 1.56. The molecule has 0 spiro atoms. The van der Waals surface area contributed by atoms with Gasteiger partial charge in [-0.15, -0.1) is 11.3 Å². The summed E-state index contributed by atoms with van der Waals surface area (Å²) in [5.41, 5.74) is 2.00. The molecule has 0 fully saturated rings. The molecule has 112 valence electrons. The van der Waals surface area contributed by atoms with Crippen molar-refractivity contribution < 1.29 is 13.3 Å². The van der Waals surface area contributed by atoms with E-state index in [1.165, 1.54) is 23.5 Å². The highest BCUT2D eigenvalue weighted by molar-refractivity contribution is 7.89. The largest absolute Gasteiger partial charge is 0.289 e. The van der Waals surface area contributed by atoms with Gasteiger partial charge in [0.2, 0.25) is 10.0 Å². The number of aromatic nitrogens is 1. The predicted octanol–water partition coefficient (Wildman–Crippen LogP) is 2.23. The van der Waals surface area contributed by atoms with Crippen LogP contribution in [0, 0.1) is 10.1 Å². The summed E-state index contributed by atoms with van der Waals surface area (Å²) in [7, 11) is -3.82. The maximum absolute atomic E-state index is 12.1. The molecule has 1 N–H and O–H groups in total. The lowest BCUT2D eigenvalue weighted by atomic mass is 10.3. The van der Waals surface area contributed by atoms with Gasteiger partial charge in [0.1, 0.15) is 5.02 Å². The average Bonchev–Trinajstić information content (AvgIpc) is 2.91. The number of hydrogen-bond donors (Lipinski definition) is 1. The van der Waals surface area contributed by atoms with Crippen LogP contribution in [0.15, 0.2) is 34.0 Å². The van der Waals surface area contributed by atoms with E-state index in [9.17, 15) is 18.5 Å². The van der Waals surface area contributed by atoms with Crippen molar-refractivity contribution in [3.05, 3.63) is 49.9 Å². The molecule has 1 aromatic carbocycles. The number of halogens is 1. The third-order valence-corrected chi connectivity index (χ3v) is 4.99. The SMILES string of the molecule is O=[N+]([O-])c1cc(S(=O)(=O)NCCc2cscn2)ccc1Cl. The van der Waals surface area contributed by atoms with Crippen LogP contribution in [0.1, 0.15) is 5.69 Å². The Balaban J connectivity index is 2.12. The molecule has 0 aliphatic heterocycles. The summed E-state index contributed by atoms with van der Waals surface area (Å²) in [5.74, 6) is 0. The Bertz CT molecular complexity index is 747. The summed E-state index contributed by atoms with van der Waals surface area (Å²) >= 11 is 7.07. The molecular weight excluding hydrogens is 338 g/mol. The van der Waals surface area contributed by atoms with E-state index in [1.807, 2.05) is 5.38 Å². The monoisotopic (exact) mass is 347 g/mol. The van der Waals surface area contributed by atoms with Crippen LogP contribution in [0.4, 0.5) is 5.69 Å². The standard InChI is InChI=1S/C11H10ClN3O4S2/c12-10-2-1-9(5-11(10)15(16)17)21(18,19)14-4-3-8-6-20-7-13-8/h1-2,5-7,14H,3-4H2. The molecule has 2 aromatic rings. The van der Waals surface area contributed by atoms with E-state index >= 15 is 0 Å². The molecule has 0 amide bonds. The number of nitro benzene ring substituents is 1. The first-order chi connectivity index (χ1) is 9.90. The smallest absolute Gasteiger partial charge is 0.258 e. The van der Waals surface area contributed by atoms with Gasteiger partial charge in [-0.1, -0.05) is 11.6 Å². The van der Waals surface area contributed by atoms with Crippen molar-refractivity contribution in [2.75, 3.05) is 6.54 Å². The number of sulfonamides is 1. The summed E-state index contributed by atoms with van der Waals surface area (Å²) in [6, 6.07) is 3.35. The zero-order chi connectivity index (χ0) is 15.5. The van der Waals surface area contributed by atoms with Crippen molar-refractivity contribution in [2.24, 2.45) is 0 Å². The van der Waals surface area contributed by atoms with Gasteiger partial charge < -0.3 is 0 Å². The molecule has 0 aliphatic rings. The molecule has 21 heavy (non-hydrogen) atoms. The second-order valence-corrected chi connectivity index (χ2v) is 6.89. The summed E-state index contributed by atoms with van der Waals surface area (Å²) in [5, 5.41) is 12.5. The van der Waals surface area contributed by atoms with E-state index in [2.05, 4.69) is 9.71 Å². The first-order valence-corrected chi connectivity index (χ1v) is 8.51. The van der Waals surface area contributed by atoms with Gasteiger partial charge in [-0.25, -0.2) is 18.1 Å². The van der Waals surface area contributed by atoms with E-state index in [4.69, 9.17) is 11.6 Å². The highest BCUT2D eigenvalue weighted by Gasteiger charge is 2.20. The topological polar surface area (TPSA) is 102 Å². The Kier molecular flexibility index (Phi) is 4.88. The number of nitrogens with zero attached hydrogens (tertiary/aromatic N) is 2. The summed E-state index contributed by atoms with van der Waals surface area (Å²) in [6.07, 6.45) is 0.443. The number of nitro groups is 1. The van der Waals surface area contributed by atoms with E-state index in [0.717, 1.165) is 11.8 Å².